The van der Waals surface area contributed by atoms with Gasteiger partial charge in [-0.3, -0.25) is 14.5 Å². The van der Waals surface area contributed by atoms with Gasteiger partial charge in [0.15, 0.2) is 6.10 Å². The van der Waals surface area contributed by atoms with Gasteiger partial charge in [-0.05, 0) is 0 Å². The molecule has 0 aromatic carbocycles. The molecule has 1 aliphatic rings. The lowest BCUT2D eigenvalue weighted by Crippen LogP contribution is -2.49. The fourth-order valence-corrected chi connectivity index (χ4v) is 1.76. The standard InChI is InChI=1S/C7H8F3NO3S/c8-7(9,10)4(12)1-11-5(13)2-15-3-6(11)14/h4,12H,1-3H2. The van der Waals surface area contributed by atoms with E-state index < -0.39 is 30.6 Å². The highest BCUT2D eigenvalue weighted by atomic mass is 32.2. The molecule has 0 spiro atoms. The third-order valence-corrected chi connectivity index (χ3v) is 2.69. The number of thioether (sulfide) groups is 1. The fraction of sp³-hybridized carbons (Fsp3) is 0.714. The summed E-state index contributed by atoms with van der Waals surface area (Å²) in [6.45, 7) is -1.01. The Balaban J connectivity index is 2.63. The molecule has 1 fully saturated rings. The maximum Gasteiger partial charge on any atom is 0.416 e. The molecule has 0 saturated carbocycles. The van der Waals surface area contributed by atoms with Crippen LogP contribution in [0.25, 0.3) is 0 Å². The summed E-state index contributed by atoms with van der Waals surface area (Å²) in [6, 6.07) is 0. The van der Waals surface area contributed by atoms with E-state index in [1.807, 2.05) is 0 Å². The Morgan fingerprint density at radius 3 is 2.20 bits per heavy atom. The molecule has 1 aliphatic heterocycles. The summed E-state index contributed by atoms with van der Waals surface area (Å²) in [5, 5.41) is 8.70. The Morgan fingerprint density at radius 1 is 1.33 bits per heavy atom. The largest absolute Gasteiger partial charge is 0.416 e. The number of imide groups is 1. The van der Waals surface area contributed by atoms with Gasteiger partial charge in [0.1, 0.15) is 0 Å². The smallest absolute Gasteiger partial charge is 0.382 e. The van der Waals surface area contributed by atoms with E-state index in [1.165, 1.54) is 0 Å². The molecule has 1 atom stereocenters. The SMILES string of the molecule is O=C1CSCC(=O)N1CC(O)C(F)(F)F. The summed E-state index contributed by atoms with van der Waals surface area (Å²) in [6.07, 6.45) is -7.49. The molecule has 0 bridgehead atoms. The first kappa shape index (κ1) is 12.3. The molecule has 0 aromatic rings. The summed E-state index contributed by atoms with van der Waals surface area (Å²) >= 11 is 1.05. The van der Waals surface area contributed by atoms with E-state index >= 15 is 0 Å². The van der Waals surface area contributed by atoms with Crippen LogP contribution < -0.4 is 0 Å². The van der Waals surface area contributed by atoms with Crippen LogP contribution in [0.3, 0.4) is 0 Å². The molecule has 15 heavy (non-hydrogen) atoms. The topological polar surface area (TPSA) is 57.6 Å². The van der Waals surface area contributed by atoms with Crippen molar-refractivity contribution in [2.45, 2.75) is 12.3 Å². The molecular weight excluding hydrogens is 235 g/mol. The third kappa shape index (κ3) is 3.10. The Bertz CT molecular complexity index is 265. The van der Waals surface area contributed by atoms with Gasteiger partial charge in [-0.15, -0.1) is 11.8 Å². The van der Waals surface area contributed by atoms with Crippen LogP contribution in [0.2, 0.25) is 0 Å². The highest BCUT2D eigenvalue weighted by Crippen LogP contribution is 2.22. The average molecular weight is 243 g/mol. The van der Waals surface area contributed by atoms with Gasteiger partial charge in [0.25, 0.3) is 0 Å². The van der Waals surface area contributed by atoms with Gasteiger partial charge in [-0.25, -0.2) is 0 Å². The van der Waals surface area contributed by atoms with E-state index in [0.717, 1.165) is 11.8 Å². The Labute approximate surface area is 87.4 Å². The second-order valence-corrected chi connectivity index (χ2v) is 3.93. The molecule has 1 unspecified atom stereocenters. The van der Waals surface area contributed by atoms with E-state index in [4.69, 9.17) is 5.11 Å². The van der Waals surface area contributed by atoms with Gasteiger partial charge in [0.2, 0.25) is 11.8 Å². The van der Waals surface area contributed by atoms with Gasteiger partial charge in [0, 0.05) is 0 Å². The van der Waals surface area contributed by atoms with E-state index in [-0.39, 0.29) is 11.5 Å². The lowest BCUT2D eigenvalue weighted by molar-refractivity contribution is -0.208. The molecule has 8 heteroatoms. The molecular formula is C7H8F3NO3S. The number of carbonyl (C=O) groups excluding carboxylic acids is 2. The molecule has 86 valence electrons. The summed E-state index contributed by atoms with van der Waals surface area (Å²) in [5.74, 6) is -1.45. The number of alkyl halides is 3. The number of hydrogen-bond donors (Lipinski definition) is 1. The summed E-state index contributed by atoms with van der Waals surface area (Å²) < 4.78 is 35.9. The normalized spacial score (nSPS) is 20.7. The summed E-state index contributed by atoms with van der Waals surface area (Å²) in [5.41, 5.74) is 0. The number of β-amino-alcohol motifs (C(OH)–C–C–N with tert-alkyl or cyclic N) is 1. The number of hydrogen-bond acceptors (Lipinski definition) is 4. The minimum atomic E-state index is -4.81. The van der Waals surface area contributed by atoms with Crippen molar-refractivity contribution >= 4 is 23.6 Å². The predicted molar refractivity (Wildman–Crippen MR) is 46.1 cm³/mol. The van der Waals surface area contributed by atoms with Crippen LogP contribution in [-0.4, -0.2) is 52.2 Å². The van der Waals surface area contributed by atoms with Crippen LogP contribution in [0.5, 0.6) is 0 Å². The van der Waals surface area contributed by atoms with Crippen LogP contribution in [0.4, 0.5) is 13.2 Å². The Kier molecular flexibility index (Phi) is 3.61. The van der Waals surface area contributed by atoms with Crippen molar-refractivity contribution in [1.82, 2.24) is 4.90 Å². The van der Waals surface area contributed by atoms with Crippen molar-refractivity contribution < 1.29 is 27.9 Å². The first-order valence-corrected chi connectivity index (χ1v) is 5.13. The molecule has 2 amide bonds. The first-order chi connectivity index (χ1) is 6.82. The van der Waals surface area contributed by atoms with Crippen molar-refractivity contribution in [3.8, 4) is 0 Å². The number of amides is 2. The molecule has 0 aromatic heterocycles. The van der Waals surface area contributed by atoms with Crippen molar-refractivity contribution in [2.24, 2.45) is 0 Å². The van der Waals surface area contributed by atoms with Crippen molar-refractivity contribution in [3.63, 3.8) is 0 Å². The lowest BCUT2D eigenvalue weighted by atomic mass is 10.3. The highest BCUT2D eigenvalue weighted by Gasteiger charge is 2.41. The average Bonchev–Trinajstić information content (AvgIpc) is 2.09. The van der Waals surface area contributed by atoms with Gasteiger partial charge < -0.3 is 5.11 Å². The fourth-order valence-electron chi connectivity index (χ4n) is 1.00. The van der Waals surface area contributed by atoms with Crippen molar-refractivity contribution in [3.05, 3.63) is 0 Å². The minimum Gasteiger partial charge on any atom is -0.382 e. The lowest BCUT2D eigenvalue weighted by Gasteiger charge is -2.27. The summed E-state index contributed by atoms with van der Waals surface area (Å²) in [4.78, 5) is 22.6. The van der Waals surface area contributed by atoms with Crippen molar-refractivity contribution in [2.75, 3.05) is 18.1 Å². The number of nitrogens with zero attached hydrogens (tertiary/aromatic N) is 1. The molecule has 0 aliphatic carbocycles. The van der Waals surface area contributed by atoms with Crippen LogP contribution in [0, 0.1) is 0 Å². The zero-order chi connectivity index (χ0) is 11.6. The van der Waals surface area contributed by atoms with Crippen molar-refractivity contribution in [1.29, 1.82) is 0 Å². The molecule has 1 heterocycles. The number of rotatable bonds is 2. The Hall–Kier alpha value is -0.760. The molecule has 1 saturated heterocycles. The molecule has 0 radical (unpaired) electrons. The summed E-state index contributed by atoms with van der Waals surface area (Å²) in [7, 11) is 0. The van der Waals surface area contributed by atoms with Gasteiger partial charge >= 0.3 is 6.18 Å². The zero-order valence-corrected chi connectivity index (χ0v) is 8.27. The zero-order valence-electron chi connectivity index (χ0n) is 7.45. The second kappa shape index (κ2) is 4.40. The minimum absolute atomic E-state index is 0.0314. The van der Waals surface area contributed by atoms with Gasteiger partial charge in [0.05, 0.1) is 18.1 Å². The van der Waals surface area contributed by atoms with E-state index in [0.29, 0.717) is 4.90 Å². The van der Waals surface area contributed by atoms with Crippen LogP contribution >= 0.6 is 11.8 Å². The van der Waals surface area contributed by atoms with Crippen LogP contribution in [-0.2, 0) is 9.59 Å². The third-order valence-electron chi connectivity index (χ3n) is 1.79. The molecule has 1 N–H and O–H groups in total. The number of carbonyl (C=O) groups is 2. The molecule has 1 rings (SSSR count). The first-order valence-electron chi connectivity index (χ1n) is 3.98. The molecule has 4 nitrogen and oxygen atoms in total. The van der Waals surface area contributed by atoms with Gasteiger partial charge in [-0.1, -0.05) is 0 Å². The predicted octanol–water partition coefficient (Wildman–Crippen LogP) is 0.0116. The second-order valence-electron chi connectivity index (χ2n) is 2.95. The van der Waals surface area contributed by atoms with Crippen LogP contribution in [0.15, 0.2) is 0 Å². The number of aliphatic hydroxyl groups excluding tert-OH is 1. The van der Waals surface area contributed by atoms with Gasteiger partial charge in [-0.2, -0.15) is 13.2 Å². The van der Waals surface area contributed by atoms with E-state index in [2.05, 4.69) is 0 Å². The van der Waals surface area contributed by atoms with E-state index in [1.54, 1.807) is 0 Å². The number of aliphatic hydroxyl groups is 1. The van der Waals surface area contributed by atoms with Crippen LogP contribution in [0.1, 0.15) is 0 Å². The quantitative estimate of drug-likeness (QED) is 0.694. The maximum absolute atomic E-state index is 12.0. The Morgan fingerprint density at radius 2 is 1.80 bits per heavy atom. The van der Waals surface area contributed by atoms with E-state index in [9.17, 15) is 22.8 Å². The number of halogens is 3. The monoisotopic (exact) mass is 243 g/mol. The highest BCUT2D eigenvalue weighted by molar-refractivity contribution is 8.00. The maximum atomic E-state index is 12.0.